The Hall–Kier alpha value is -2.50. The fourth-order valence-electron chi connectivity index (χ4n) is 3.39. The number of nitrogens with one attached hydrogen (secondary N) is 1. The number of aromatic nitrogens is 1. The van der Waals surface area contributed by atoms with Gasteiger partial charge >= 0.3 is 5.97 Å². The summed E-state index contributed by atoms with van der Waals surface area (Å²) in [5, 5.41) is 4.63. The zero-order valence-corrected chi connectivity index (χ0v) is 19.8. The van der Waals surface area contributed by atoms with E-state index in [0.29, 0.717) is 15.7 Å². The van der Waals surface area contributed by atoms with E-state index < -0.39 is 5.60 Å². The van der Waals surface area contributed by atoms with Gasteiger partial charge in [0.1, 0.15) is 11.3 Å². The molecule has 2 aromatic carbocycles. The van der Waals surface area contributed by atoms with E-state index in [0.717, 1.165) is 22.0 Å². The van der Waals surface area contributed by atoms with Crippen molar-refractivity contribution in [2.75, 3.05) is 0 Å². The van der Waals surface area contributed by atoms with Gasteiger partial charge in [-0.05, 0) is 57.0 Å². The Morgan fingerprint density at radius 2 is 1.74 bits per heavy atom. The van der Waals surface area contributed by atoms with Crippen molar-refractivity contribution in [3.05, 3.63) is 69.3 Å². The minimum Gasteiger partial charge on any atom is -0.460 e. The molecule has 5 nitrogen and oxygen atoms in total. The van der Waals surface area contributed by atoms with Crippen molar-refractivity contribution in [1.29, 1.82) is 0 Å². The number of amides is 1. The molecule has 1 amide bonds. The first-order chi connectivity index (χ1) is 14.5. The van der Waals surface area contributed by atoms with E-state index in [-0.39, 0.29) is 24.3 Å². The van der Waals surface area contributed by atoms with Crippen molar-refractivity contribution < 1.29 is 14.3 Å². The highest BCUT2D eigenvalue weighted by Gasteiger charge is 2.19. The number of nitrogens with zero attached hydrogens (tertiary/aromatic N) is 1. The van der Waals surface area contributed by atoms with E-state index in [9.17, 15) is 9.59 Å². The third kappa shape index (κ3) is 5.41. The quantitative estimate of drug-likeness (QED) is 0.484. The van der Waals surface area contributed by atoms with Gasteiger partial charge in [-0.25, -0.2) is 0 Å². The summed E-state index contributed by atoms with van der Waals surface area (Å²) < 4.78 is 7.15. The number of benzene rings is 2. The third-order valence-corrected chi connectivity index (χ3v) is 5.76. The molecule has 1 heterocycles. The minimum absolute atomic E-state index is 0.206. The van der Waals surface area contributed by atoms with E-state index in [1.165, 1.54) is 0 Å². The van der Waals surface area contributed by atoms with Gasteiger partial charge in [-0.3, -0.25) is 9.59 Å². The monoisotopic (exact) mass is 460 g/mol. The second-order valence-electron chi connectivity index (χ2n) is 8.58. The second-order valence-corrected chi connectivity index (χ2v) is 9.37. The molecule has 3 aromatic rings. The summed E-state index contributed by atoms with van der Waals surface area (Å²) in [4.78, 5) is 24.9. The van der Waals surface area contributed by atoms with Crippen LogP contribution in [0.25, 0.3) is 10.9 Å². The molecule has 1 N–H and O–H groups in total. The summed E-state index contributed by atoms with van der Waals surface area (Å²) in [6.07, 6.45) is 0.206. The van der Waals surface area contributed by atoms with Gasteiger partial charge in [0.25, 0.3) is 5.91 Å². The van der Waals surface area contributed by atoms with Crippen molar-refractivity contribution in [3.8, 4) is 0 Å². The highest BCUT2D eigenvalue weighted by Crippen LogP contribution is 2.32. The maximum absolute atomic E-state index is 12.9. The number of aryl methyl sites for hydroxylation is 1. The molecule has 1 atom stereocenters. The summed E-state index contributed by atoms with van der Waals surface area (Å²) in [5.41, 5.74) is 2.61. The van der Waals surface area contributed by atoms with Crippen LogP contribution in [0.3, 0.4) is 0 Å². The Bertz CT molecular complexity index is 1130. The molecule has 7 heteroatoms. The Labute approximate surface area is 192 Å². The van der Waals surface area contributed by atoms with Crippen LogP contribution in [0.2, 0.25) is 10.0 Å². The molecule has 0 aliphatic rings. The number of hydrogen-bond donors (Lipinski definition) is 1. The molecule has 0 saturated heterocycles. The first-order valence-electron chi connectivity index (χ1n) is 10.0. The van der Waals surface area contributed by atoms with Crippen LogP contribution in [-0.4, -0.2) is 22.0 Å². The fraction of sp³-hybridized carbons (Fsp3) is 0.333. The highest BCUT2D eigenvalue weighted by atomic mass is 35.5. The maximum atomic E-state index is 12.9. The Morgan fingerprint density at radius 1 is 1.10 bits per heavy atom. The lowest BCUT2D eigenvalue weighted by Crippen LogP contribution is -2.28. The number of rotatable bonds is 5. The third-order valence-electron chi connectivity index (χ3n) is 4.94. The smallest absolute Gasteiger partial charge is 0.310 e. The molecule has 31 heavy (non-hydrogen) atoms. The summed E-state index contributed by atoms with van der Waals surface area (Å²) in [7, 11) is 1.82. The van der Waals surface area contributed by atoms with Crippen LogP contribution in [0.4, 0.5) is 0 Å². The number of carbonyl (C=O) groups excluding carboxylic acids is 2. The van der Waals surface area contributed by atoms with Crippen LogP contribution in [-0.2, 0) is 23.0 Å². The largest absolute Gasteiger partial charge is 0.460 e. The number of halogens is 2. The van der Waals surface area contributed by atoms with Crippen LogP contribution >= 0.6 is 23.2 Å². The SMILES string of the molecule is CC(NC(=O)c1cc2c(Cl)c(Cl)ccc2n1C)c1ccc(CC(=O)OC(C)(C)C)cc1. The van der Waals surface area contributed by atoms with Crippen LogP contribution in [0.5, 0.6) is 0 Å². The molecule has 1 aromatic heterocycles. The van der Waals surface area contributed by atoms with Gasteiger partial charge < -0.3 is 14.6 Å². The van der Waals surface area contributed by atoms with Gasteiger partial charge in [0, 0.05) is 18.0 Å². The average Bonchev–Trinajstić information content (AvgIpc) is 3.01. The van der Waals surface area contributed by atoms with Crippen LogP contribution < -0.4 is 5.32 Å². The first kappa shape index (κ1) is 23.2. The molecule has 0 aliphatic heterocycles. The van der Waals surface area contributed by atoms with Gasteiger partial charge in [-0.1, -0.05) is 47.5 Å². The van der Waals surface area contributed by atoms with E-state index in [1.54, 1.807) is 16.7 Å². The predicted molar refractivity (Wildman–Crippen MR) is 125 cm³/mol. The molecule has 0 saturated carbocycles. The van der Waals surface area contributed by atoms with Gasteiger partial charge in [-0.15, -0.1) is 0 Å². The fourth-order valence-corrected chi connectivity index (χ4v) is 3.77. The number of ether oxygens (including phenoxy) is 1. The van der Waals surface area contributed by atoms with Crippen molar-refractivity contribution in [1.82, 2.24) is 9.88 Å². The lowest BCUT2D eigenvalue weighted by Gasteiger charge is -2.19. The second kappa shape index (κ2) is 8.93. The Morgan fingerprint density at radius 3 is 2.35 bits per heavy atom. The maximum Gasteiger partial charge on any atom is 0.310 e. The van der Waals surface area contributed by atoms with Gasteiger partial charge in [-0.2, -0.15) is 0 Å². The van der Waals surface area contributed by atoms with Crippen LogP contribution in [0.15, 0.2) is 42.5 Å². The van der Waals surface area contributed by atoms with E-state index in [1.807, 2.05) is 65.1 Å². The summed E-state index contributed by atoms with van der Waals surface area (Å²) >= 11 is 12.4. The summed E-state index contributed by atoms with van der Waals surface area (Å²) in [6.45, 7) is 7.44. The zero-order valence-electron chi connectivity index (χ0n) is 18.3. The van der Waals surface area contributed by atoms with Crippen LogP contribution in [0.1, 0.15) is 55.4 Å². The summed E-state index contributed by atoms with van der Waals surface area (Å²) in [6, 6.07) is 12.6. The lowest BCUT2D eigenvalue weighted by atomic mass is 10.0. The summed E-state index contributed by atoms with van der Waals surface area (Å²) in [5.74, 6) is -0.479. The van der Waals surface area contributed by atoms with E-state index in [4.69, 9.17) is 27.9 Å². The molecule has 0 spiro atoms. The molecule has 0 fully saturated rings. The average molecular weight is 461 g/mol. The van der Waals surface area contributed by atoms with Crippen molar-refractivity contribution in [2.45, 2.75) is 45.8 Å². The standard InChI is InChI=1S/C24H26Cl2N2O3/c1-14(16-8-6-15(7-9-16)12-21(29)31-24(2,3)4)27-23(30)20-13-17-19(28(20)5)11-10-18(25)22(17)26/h6-11,13-14H,12H2,1-5H3,(H,27,30). The molecule has 0 radical (unpaired) electrons. The molecule has 0 aliphatic carbocycles. The van der Waals surface area contributed by atoms with Crippen molar-refractivity contribution in [2.24, 2.45) is 7.05 Å². The topological polar surface area (TPSA) is 60.3 Å². The zero-order chi connectivity index (χ0) is 22.9. The minimum atomic E-state index is -0.507. The number of carbonyl (C=O) groups is 2. The lowest BCUT2D eigenvalue weighted by molar-refractivity contribution is -0.153. The van der Waals surface area contributed by atoms with Gasteiger partial charge in [0.2, 0.25) is 0 Å². The molecule has 1 unspecified atom stereocenters. The number of fused-ring (bicyclic) bond motifs is 1. The molecular weight excluding hydrogens is 435 g/mol. The number of hydrogen-bond acceptors (Lipinski definition) is 3. The predicted octanol–water partition coefficient (Wildman–Crippen LogP) is 5.86. The highest BCUT2D eigenvalue weighted by molar-refractivity contribution is 6.45. The molecule has 164 valence electrons. The van der Waals surface area contributed by atoms with E-state index in [2.05, 4.69) is 5.32 Å². The normalized spacial score (nSPS) is 12.6. The Balaban J connectivity index is 1.70. The number of esters is 1. The first-order valence-corrected chi connectivity index (χ1v) is 10.8. The van der Waals surface area contributed by atoms with E-state index >= 15 is 0 Å². The van der Waals surface area contributed by atoms with Gasteiger partial charge in [0.05, 0.1) is 22.5 Å². The van der Waals surface area contributed by atoms with Crippen molar-refractivity contribution in [3.63, 3.8) is 0 Å². The molecule has 3 rings (SSSR count). The Kier molecular flexibility index (Phi) is 6.68. The molecule has 0 bridgehead atoms. The van der Waals surface area contributed by atoms with Gasteiger partial charge in [0.15, 0.2) is 0 Å². The van der Waals surface area contributed by atoms with Crippen molar-refractivity contribution >= 4 is 46.0 Å². The van der Waals surface area contributed by atoms with Crippen LogP contribution in [0, 0.1) is 0 Å². The molecular formula is C24H26Cl2N2O3.